The molecule has 0 fully saturated rings. The molecule has 0 N–H and O–H groups in total. The van der Waals surface area contributed by atoms with Gasteiger partial charge in [-0.2, -0.15) is 13.2 Å². The summed E-state index contributed by atoms with van der Waals surface area (Å²) in [6.07, 6.45) is 0.688. The van der Waals surface area contributed by atoms with Gasteiger partial charge in [-0.25, -0.2) is 4.98 Å². The van der Waals surface area contributed by atoms with Crippen LogP contribution < -0.4 is 4.74 Å². The molecule has 2 aromatic carbocycles. The zero-order chi connectivity index (χ0) is 16.3. The van der Waals surface area contributed by atoms with E-state index in [-0.39, 0.29) is 6.61 Å². The minimum absolute atomic E-state index is 0.0512. The summed E-state index contributed by atoms with van der Waals surface area (Å²) >= 11 is 0. The summed E-state index contributed by atoms with van der Waals surface area (Å²) in [5.74, 6) is 0.572. The Morgan fingerprint density at radius 3 is 2.61 bits per heavy atom. The van der Waals surface area contributed by atoms with Gasteiger partial charge in [-0.3, -0.25) is 0 Å². The van der Waals surface area contributed by atoms with Crippen molar-refractivity contribution < 1.29 is 17.9 Å². The van der Waals surface area contributed by atoms with E-state index in [0.717, 1.165) is 17.8 Å². The van der Waals surface area contributed by atoms with Crippen molar-refractivity contribution in [1.29, 1.82) is 0 Å². The van der Waals surface area contributed by atoms with Gasteiger partial charge >= 0.3 is 6.18 Å². The molecule has 1 heterocycles. The van der Waals surface area contributed by atoms with Crippen LogP contribution in [0.2, 0.25) is 0 Å². The molecule has 0 saturated carbocycles. The second-order valence-electron chi connectivity index (χ2n) is 4.92. The quantitative estimate of drug-likeness (QED) is 0.709. The molecule has 0 unspecified atom stereocenters. The lowest BCUT2D eigenvalue weighted by Gasteiger charge is -2.13. The summed E-state index contributed by atoms with van der Waals surface area (Å²) in [5, 5.41) is 0. The Kier molecular flexibility index (Phi) is 4.06. The van der Waals surface area contributed by atoms with Gasteiger partial charge in [-0.05, 0) is 29.8 Å². The van der Waals surface area contributed by atoms with Crippen molar-refractivity contribution in [3.63, 3.8) is 0 Å². The van der Waals surface area contributed by atoms with Crippen LogP contribution in [0.5, 0.6) is 5.75 Å². The Hall–Kier alpha value is -2.76. The third-order valence-electron chi connectivity index (χ3n) is 3.30. The topological polar surface area (TPSA) is 27.1 Å². The van der Waals surface area contributed by atoms with Crippen molar-refractivity contribution in [1.82, 2.24) is 9.55 Å². The number of alkyl halides is 3. The fraction of sp³-hybridized carbons (Fsp3) is 0.118. The van der Waals surface area contributed by atoms with Crippen molar-refractivity contribution in [2.75, 3.05) is 0 Å². The van der Waals surface area contributed by atoms with Crippen molar-refractivity contribution in [2.24, 2.45) is 0 Å². The maximum atomic E-state index is 12.7. The molecule has 3 aromatic rings. The molecule has 3 nitrogen and oxygen atoms in total. The van der Waals surface area contributed by atoms with Gasteiger partial charge in [0, 0.05) is 12.4 Å². The molecule has 0 bridgehead atoms. The van der Waals surface area contributed by atoms with Crippen molar-refractivity contribution in [3.8, 4) is 11.4 Å². The van der Waals surface area contributed by atoms with Crippen molar-refractivity contribution >= 4 is 0 Å². The maximum absolute atomic E-state index is 12.7. The predicted molar refractivity (Wildman–Crippen MR) is 79.3 cm³/mol. The number of benzene rings is 2. The Morgan fingerprint density at radius 2 is 1.87 bits per heavy atom. The first-order valence-electron chi connectivity index (χ1n) is 6.90. The maximum Gasteiger partial charge on any atom is 0.416 e. The highest BCUT2D eigenvalue weighted by Gasteiger charge is 2.30. The van der Waals surface area contributed by atoms with E-state index in [0.29, 0.717) is 11.3 Å². The summed E-state index contributed by atoms with van der Waals surface area (Å²) in [4.78, 5) is 3.98. The van der Waals surface area contributed by atoms with Crippen LogP contribution in [0.25, 0.3) is 5.69 Å². The third kappa shape index (κ3) is 3.53. The molecular formula is C17H13F3N2O. The lowest BCUT2D eigenvalue weighted by Crippen LogP contribution is -2.06. The van der Waals surface area contributed by atoms with Crippen LogP contribution in [0.3, 0.4) is 0 Å². The van der Waals surface area contributed by atoms with E-state index in [9.17, 15) is 13.2 Å². The molecule has 3 rings (SSSR count). The van der Waals surface area contributed by atoms with Crippen LogP contribution in [-0.2, 0) is 12.8 Å². The number of aromatic nitrogens is 2. The highest BCUT2D eigenvalue weighted by molar-refractivity contribution is 5.46. The molecule has 0 aliphatic carbocycles. The second kappa shape index (κ2) is 6.16. The highest BCUT2D eigenvalue weighted by Crippen LogP contribution is 2.30. The van der Waals surface area contributed by atoms with Crippen LogP contribution in [0.4, 0.5) is 13.2 Å². The summed E-state index contributed by atoms with van der Waals surface area (Å²) in [6, 6.07) is 12.4. The van der Waals surface area contributed by atoms with E-state index in [1.165, 1.54) is 6.07 Å². The molecule has 6 heteroatoms. The molecule has 23 heavy (non-hydrogen) atoms. The number of hydrogen-bond donors (Lipinski definition) is 0. The lowest BCUT2D eigenvalue weighted by atomic mass is 10.1. The zero-order valence-corrected chi connectivity index (χ0v) is 12.0. The smallest absolute Gasteiger partial charge is 0.416 e. The van der Waals surface area contributed by atoms with Crippen molar-refractivity contribution in [2.45, 2.75) is 12.8 Å². The van der Waals surface area contributed by atoms with E-state index in [4.69, 9.17) is 4.74 Å². The zero-order valence-electron chi connectivity index (χ0n) is 12.0. The molecule has 0 aliphatic rings. The minimum Gasteiger partial charge on any atom is -0.487 e. The number of rotatable bonds is 4. The SMILES string of the molecule is FC(F)(F)c1cccc(COc2ccccc2-n2ccnc2)c1. The Labute approximate surface area is 131 Å². The van der Waals surface area contributed by atoms with Gasteiger partial charge < -0.3 is 9.30 Å². The van der Waals surface area contributed by atoms with Gasteiger partial charge in [-0.1, -0.05) is 24.3 Å². The monoisotopic (exact) mass is 318 g/mol. The van der Waals surface area contributed by atoms with Gasteiger partial charge in [0.15, 0.2) is 0 Å². The summed E-state index contributed by atoms with van der Waals surface area (Å²) < 4.78 is 45.7. The first-order valence-corrected chi connectivity index (χ1v) is 6.90. The molecule has 0 saturated heterocycles. The average molecular weight is 318 g/mol. The first kappa shape index (κ1) is 15.1. The Morgan fingerprint density at radius 1 is 1.04 bits per heavy atom. The molecule has 0 amide bonds. The van der Waals surface area contributed by atoms with Crippen molar-refractivity contribution in [3.05, 3.63) is 78.4 Å². The molecule has 0 atom stereocenters. The summed E-state index contributed by atoms with van der Waals surface area (Å²) in [7, 11) is 0. The Balaban J connectivity index is 1.80. The van der Waals surface area contributed by atoms with Crippen LogP contribution in [0.15, 0.2) is 67.3 Å². The number of hydrogen-bond acceptors (Lipinski definition) is 2. The molecule has 1 aromatic heterocycles. The third-order valence-corrected chi connectivity index (χ3v) is 3.30. The van der Waals surface area contributed by atoms with Gasteiger partial charge in [0.05, 0.1) is 17.6 Å². The normalized spacial score (nSPS) is 11.4. The standard InChI is InChI=1S/C17H13F3N2O/c18-17(19,20)14-5-3-4-13(10-14)11-23-16-7-2-1-6-15(16)22-9-8-21-12-22/h1-10,12H,11H2. The van der Waals surface area contributed by atoms with Gasteiger partial charge in [0.25, 0.3) is 0 Å². The number of para-hydroxylation sites is 2. The largest absolute Gasteiger partial charge is 0.487 e. The van der Waals surface area contributed by atoms with Crippen LogP contribution in [-0.4, -0.2) is 9.55 Å². The van der Waals surface area contributed by atoms with Gasteiger partial charge in [-0.15, -0.1) is 0 Å². The minimum atomic E-state index is -4.36. The van der Waals surface area contributed by atoms with Crippen LogP contribution >= 0.6 is 0 Å². The van der Waals surface area contributed by atoms with E-state index in [1.807, 2.05) is 18.2 Å². The van der Waals surface area contributed by atoms with Crippen LogP contribution in [0, 0.1) is 0 Å². The number of imidazole rings is 1. The van der Waals surface area contributed by atoms with Gasteiger partial charge in [0.1, 0.15) is 12.4 Å². The molecule has 118 valence electrons. The molecule has 0 aliphatic heterocycles. The highest BCUT2D eigenvalue weighted by atomic mass is 19.4. The van der Waals surface area contributed by atoms with E-state index >= 15 is 0 Å². The molecule has 0 radical (unpaired) electrons. The number of nitrogens with zero attached hydrogens (tertiary/aromatic N) is 2. The fourth-order valence-corrected chi connectivity index (χ4v) is 2.19. The molecular weight excluding hydrogens is 305 g/mol. The number of halogens is 3. The second-order valence-corrected chi connectivity index (χ2v) is 4.92. The van der Waals surface area contributed by atoms with Gasteiger partial charge in [0.2, 0.25) is 0 Å². The predicted octanol–water partition coefficient (Wildman–Crippen LogP) is 4.47. The first-order chi connectivity index (χ1) is 11.0. The average Bonchev–Trinajstić information content (AvgIpc) is 3.07. The number of ether oxygens (including phenoxy) is 1. The Bertz CT molecular complexity index is 783. The van der Waals surface area contributed by atoms with E-state index in [2.05, 4.69) is 4.98 Å². The van der Waals surface area contributed by atoms with E-state index in [1.54, 1.807) is 35.4 Å². The lowest BCUT2D eigenvalue weighted by molar-refractivity contribution is -0.137. The fourth-order valence-electron chi connectivity index (χ4n) is 2.19. The molecule has 0 spiro atoms. The van der Waals surface area contributed by atoms with Crippen LogP contribution in [0.1, 0.15) is 11.1 Å². The van der Waals surface area contributed by atoms with E-state index < -0.39 is 11.7 Å². The summed E-state index contributed by atoms with van der Waals surface area (Å²) in [5.41, 5.74) is 0.554. The summed E-state index contributed by atoms with van der Waals surface area (Å²) in [6.45, 7) is 0.0512.